The number of anilines is 1. The summed E-state index contributed by atoms with van der Waals surface area (Å²) >= 11 is 3.47. The molecule has 0 aliphatic rings. The molecule has 236 valence electrons. The minimum absolute atomic E-state index is 0.0765. The topological polar surface area (TPSA) is 86.8 Å². The largest absolute Gasteiger partial charge is 0.352 e. The first-order chi connectivity index (χ1) is 21.5. The summed E-state index contributed by atoms with van der Waals surface area (Å²) in [6.07, 6.45) is 0.987. The molecule has 0 unspecified atom stereocenters. The van der Waals surface area contributed by atoms with Gasteiger partial charge in [0.05, 0.1) is 10.6 Å². The van der Waals surface area contributed by atoms with Gasteiger partial charge < -0.3 is 10.2 Å². The van der Waals surface area contributed by atoms with Gasteiger partial charge in [0.25, 0.3) is 10.0 Å². The highest BCUT2D eigenvalue weighted by Crippen LogP contribution is 2.28. The van der Waals surface area contributed by atoms with Crippen LogP contribution in [0.15, 0.2) is 112 Å². The van der Waals surface area contributed by atoms with Crippen molar-refractivity contribution in [1.29, 1.82) is 0 Å². The van der Waals surface area contributed by atoms with Gasteiger partial charge in [0.2, 0.25) is 11.8 Å². The molecule has 0 bridgehead atoms. The van der Waals surface area contributed by atoms with Crippen molar-refractivity contribution in [1.82, 2.24) is 10.2 Å². The zero-order valence-electron chi connectivity index (χ0n) is 26.1. The average molecular weight is 691 g/mol. The average Bonchev–Trinajstić information content (AvgIpc) is 3.03. The number of halogens is 1. The van der Waals surface area contributed by atoms with E-state index in [2.05, 4.69) is 21.2 Å². The second kappa shape index (κ2) is 15.4. The van der Waals surface area contributed by atoms with Gasteiger partial charge in [-0.1, -0.05) is 101 Å². The predicted octanol–water partition coefficient (Wildman–Crippen LogP) is 6.82. The quantitative estimate of drug-likeness (QED) is 0.167. The summed E-state index contributed by atoms with van der Waals surface area (Å²) in [7, 11) is -4.15. The predicted molar refractivity (Wildman–Crippen MR) is 183 cm³/mol. The smallest absolute Gasteiger partial charge is 0.264 e. The standard InChI is InChI=1S/C36H40BrN3O4S/c1-5-28(4)38-36(42)34(23-29-12-8-6-9-13-29)39(24-30-17-19-31(37)20-18-30)35(41)25-40(33-21-16-26(2)22-27(33)3)45(43,44)32-14-10-7-11-15-32/h6-22,28,34H,5,23-25H2,1-4H3,(H,38,42)/t28-,34-/m1/s1. The molecule has 1 N–H and O–H groups in total. The molecule has 4 rings (SSSR count). The SMILES string of the molecule is CC[C@@H](C)NC(=O)[C@@H](Cc1ccccc1)N(Cc1ccc(Br)cc1)C(=O)CN(c1ccc(C)cc1C)S(=O)(=O)c1ccccc1. The summed E-state index contributed by atoms with van der Waals surface area (Å²) in [5.41, 5.74) is 3.80. The number of carbonyl (C=O) groups excluding carboxylic acids is 2. The second-order valence-electron chi connectivity index (χ2n) is 11.3. The van der Waals surface area contributed by atoms with Crippen molar-refractivity contribution in [3.63, 3.8) is 0 Å². The van der Waals surface area contributed by atoms with Gasteiger partial charge in [0.15, 0.2) is 0 Å². The summed E-state index contributed by atoms with van der Waals surface area (Å²) in [6, 6.07) is 29.6. The van der Waals surface area contributed by atoms with Crippen LogP contribution in [0.5, 0.6) is 0 Å². The van der Waals surface area contributed by atoms with E-state index < -0.39 is 28.5 Å². The van der Waals surface area contributed by atoms with Gasteiger partial charge in [-0.05, 0) is 74.2 Å². The molecule has 2 amide bonds. The fraction of sp³-hybridized carbons (Fsp3) is 0.278. The Kier molecular flexibility index (Phi) is 11.6. The van der Waals surface area contributed by atoms with E-state index in [0.29, 0.717) is 5.69 Å². The van der Waals surface area contributed by atoms with Gasteiger partial charge in [0.1, 0.15) is 12.6 Å². The molecule has 0 saturated heterocycles. The lowest BCUT2D eigenvalue weighted by Gasteiger charge is -2.34. The number of carbonyl (C=O) groups is 2. The van der Waals surface area contributed by atoms with Crippen LogP contribution < -0.4 is 9.62 Å². The van der Waals surface area contributed by atoms with Crippen LogP contribution in [0.3, 0.4) is 0 Å². The van der Waals surface area contributed by atoms with Gasteiger partial charge in [-0.2, -0.15) is 0 Å². The molecular formula is C36H40BrN3O4S. The fourth-order valence-corrected chi connectivity index (χ4v) is 6.86. The van der Waals surface area contributed by atoms with E-state index in [4.69, 9.17) is 0 Å². The van der Waals surface area contributed by atoms with Crippen LogP contribution in [0.1, 0.15) is 42.5 Å². The van der Waals surface area contributed by atoms with E-state index in [1.165, 1.54) is 21.3 Å². The molecule has 0 aliphatic carbocycles. The van der Waals surface area contributed by atoms with Crippen molar-refractivity contribution in [2.45, 2.75) is 64.1 Å². The lowest BCUT2D eigenvalue weighted by atomic mass is 10.0. The highest BCUT2D eigenvalue weighted by Gasteiger charge is 2.35. The van der Waals surface area contributed by atoms with Crippen molar-refractivity contribution in [3.05, 3.63) is 130 Å². The molecule has 0 aromatic heterocycles. The van der Waals surface area contributed by atoms with Crippen LogP contribution in [0, 0.1) is 13.8 Å². The monoisotopic (exact) mass is 689 g/mol. The molecule has 0 fully saturated rings. The third kappa shape index (κ3) is 8.83. The van der Waals surface area contributed by atoms with Crippen LogP contribution >= 0.6 is 15.9 Å². The number of amides is 2. The maximum atomic E-state index is 14.6. The lowest BCUT2D eigenvalue weighted by Crippen LogP contribution is -2.54. The Morgan fingerprint density at radius 1 is 0.844 bits per heavy atom. The van der Waals surface area contributed by atoms with Crippen molar-refractivity contribution in [2.75, 3.05) is 10.8 Å². The third-order valence-corrected chi connectivity index (χ3v) is 10.1. The number of sulfonamides is 1. The maximum Gasteiger partial charge on any atom is 0.264 e. The molecule has 4 aromatic rings. The molecule has 0 radical (unpaired) electrons. The molecule has 7 nitrogen and oxygen atoms in total. The van der Waals surface area contributed by atoms with E-state index in [0.717, 1.165) is 33.1 Å². The summed E-state index contributed by atoms with van der Waals surface area (Å²) in [4.78, 5) is 30.1. The highest BCUT2D eigenvalue weighted by molar-refractivity contribution is 9.10. The molecule has 4 aromatic carbocycles. The number of nitrogens with one attached hydrogen (secondary N) is 1. The zero-order valence-corrected chi connectivity index (χ0v) is 28.5. The lowest BCUT2D eigenvalue weighted by molar-refractivity contribution is -0.140. The first-order valence-corrected chi connectivity index (χ1v) is 17.3. The maximum absolute atomic E-state index is 14.6. The number of nitrogens with zero attached hydrogens (tertiary/aromatic N) is 2. The number of hydrogen-bond acceptors (Lipinski definition) is 4. The van der Waals surface area contributed by atoms with Crippen molar-refractivity contribution < 1.29 is 18.0 Å². The Balaban J connectivity index is 1.82. The number of hydrogen-bond donors (Lipinski definition) is 1. The first-order valence-electron chi connectivity index (χ1n) is 15.0. The van der Waals surface area contributed by atoms with Gasteiger partial charge in [-0.15, -0.1) is 0 Å². The summed E-state index contributed by atoms with van der Waals surface area (Å²) in [6.45, 7) is 7.30. The normalized spacial score (nSPS) is 12.6. The van der Waals surface area contributed by atoms with Crippen molar-refractivity contribution in [3.8, 4) is 0 Å². The summed E-state index contributed by atoms with van der Waals surface area (Å²) < 4.78 is 30.4. The van der Waals surface area contributed by atoms with E-state index in [-0.39, 0.29) is 29.8 Å². The van der Waals surface area contributed by atoms with Crippen molar-refractivity contribution >= 4 is 43.5 Å². The molecule has 9 heteroatoms. The molecule has 0 heterocycles. The molecule has 0 saturated carbocycles. The number of benzene rings is 4. The van der Waals surface area contributed by atoms with Crippen LogP contribution in [-0.4, -0.2) is 43.8 Å². The van der Waals surface area contributed by atoms with Gasteiger partial charge in [-0.25, -0.2) is 8.42 Å². The van der Waals surface area contributed by atoms with Crippen LogP contribution in [0.4, 0.5) is 5.69 Å². The van der Waals surface area contributed by atoms with Gasteiger partial charge in [0, 0.05) is 23.5 Å². The number of aryl methyl sites for hydroxylation is 2. The Bertz CT molecular complexity index is 1700. The highest BCUT2D eigenvalue weighted by atomic mass is 79.9. The van der Waals surface area contributed by atoms with Crippen LogP contribution in [-0.2, 0) is 32.6 Å². The zero-order chi connectivity index (χ0) is 32.6. The molecule has 0 aliphatic heterocycles. The third-order valence-electron chi connectivity index (χ3n) is 7.77. The molecule has 0 spiro atoms. The van der Waals surface area contributed by atoms with Gasteiger partial charge in [-0.3, -0.25) is 13.9 Å². The minimum atomic E-state index is -4.15. The Hall–Kier alpha value is -3.95. The Labute approximate surface area is 275 Å². The van der Waals surface area contributed by atoms with Crippen LogP contribution in [0.25, 0.3) is 0 Å². The number of rotatable bonds is 13. The Morgan fingerprint density at radius 2 is 1.47 bits per heavy atom. The second-order valence-corrected chi connectivity index (χ2v) is 14.1. The molecule has 2 atom stereocenters. The summed E-state index contributed by atoms with van der Waals surface area (Å²) in [5, 5.41) is 3.06. The first kappa shape index (κ1) is 33.9. The van der Waals surface area contributed by atoms with E-state index in [9.17, 15) is 18.0 Å². The van der Waals surface area contributed by atoms with Crippen molar-refractivity contribution in [2.24, 2.45) is 0 Å². The van der Waals surface area contributed by atoms with E-state index in [1.807, 2.05) is 94.4 Å². The molecule has 45 heavy (non-hydrogen) atoms. The van der Waals surface area contributed by atoms with E-state index >= 15 is 0 Å². The van der Waals surface area contributed by atoms with E-state index in [1.54, 1.807) is 24.3 Å². The minimum Gasteiger partial charge on any atom is -0.352 e. The van der Waals surface area contributed by atoms with Gasteiger partial charge >= 0.3 is 0 Å². The van der Waals surface area contributed by atoms with Crippen LogP contribution in [0.2, 0.25) is 0 Å². The fourth-order valence-electron chi connectivity index (χ4n) is 5.10. The molecular weight excluding hydrogens is 650 g/mol. The summed E-state index contributed by atoms with van der Waals surface area (Å²) in [5.74, 6) is -0.778. The Morgan fingerprint density at radius 3 is 2.07 bits per heavy atom.